The van der Waals surface area contributed by atoms with Crippen LogP contribution in [0.4, 0.5) is 0 Å². The summed E-state index contributed by atoms with van der Waals surface area (Å²) in [6, 6.07) is 1.47. The van der Waals surface area contributed by atoms with Gasteiger partial charge in [0.1, 0.15) is 0 Å². The maximum atomic E-state index is 6.21. The van der Waals surface area contributed by atoms with Crippen LogP contribution < -0.4 is 5.73 Å². The molecule has 82 valence electrons. The number of nitrogens with two attached hydrogens (primary N) is 1. The molecule has 0 aromatic heterocycles. The highest BCUT2D eigenvalue weighted by molar-refractivity contribution is 5.02. The van der Waals surface area contributed by atoms with E-state index in [9.17, 15) is 0 Å². The lowest BCUT2D eigenvalue weighted by Crippen LogP contribution is -2.47. The highest BCUT2D eigenvalue weighted by Crippen LogP contribution is 2.39. The lowest BCUT2D eigenvalue weighted by atomic mass is 9.94. The number of hydrogen-bond donors (Lipinski definition) is 1. The van der Waals surface area contributed by atoms with Gasteiger partial charge in [-0.15, -0.1) is 0 Å². The van der Waals surface area contributed by atoms with Crippen molar-refractivity contribution in [3.8, 4) is 0 Å². The lowest BCUT2D eigenvalue weighted by molar-refractivity contribution is 0.0983. The Kier molecular flexibility index (Phi) is 2.85. The zero-order chi connectivity index (χ0) is 10.2. The molecule has 0 aromatic rings. The number of hydrogen-bond acceptors (Lipinski definition) is 2. The van der Waals surface area contributed by atoms with Crippen LogP contribution in [0.25, 0.3) is 0 Å². The molecule has 14 heavy (non-hydrogen) atoms. The Morgan fingerprint density at radius 1 is 1.36 bits per heavy atom. The van der Waals surface area contributed by atoms with Crippen molar-refractivity contribution in [2.75, 3.05) is 6.54 Å². The molecule has 0 bridgehead atoms. The van der Waals surface area contributed by atoms with Crippen LogP contribution in [-0.2, 0) is 0 Å². The standard InChI is InChI=1S/C12H24N2/c1-10(2)14-8-4-3-5-11(14)9-12(13)6-7-12/h10-11H,3-9,13H2,1-2H3. The second-order valence-electron chi connectivity index (χ2n) is 5.55. The van der Waals surface area contributed by atoms with Crippen LogP contribution in [0, 0.1) is 0 Å². The van der Waals surface area contributed by atoms with Crippen LogP contribution in [0.2, 0.25) is 0 Å². The fourth-order valence-corrected chi connectivity index (χ4v) is 2.76. The minimum absolute atomic E-state index is 0.231. The fourth-order valence-electron chi connectivity index (χ4n) is 2.76. The van der Waals surface area contributed by atoms with Crippen molar-refractivity contribution >= 4 is 0 Å². The second kappa shape index (κ2) is 3.82. The maximum absolute atomic E-state index is 6.21. The van der Waals surface area contributed by atoms with Gasteiger partial charge >= 0.3 is 0 Å². The van der Waals surface area contributed by atoms with Gasteiger partial charge in [-0.05, 0) is 52.5 Å². The van der Waals surface area contributed by atoms with E-state index in [0.717, 1.165) is 6.04 Å². The Hall–Kier alpha value is -0.0800. The molecule has 2 rings (SSSR count). The molecule has 1 saturated heterocycles. The first-order chi connectivity index (χ1) is 6.61. The Morgan fingerprint density at radius 2 is 2.07 bits per heavy atom. The molecule has 1 saturated carbocycles. The van der Waals surface area contributed by atoms with Crippen LogP contribution in [0.1, 0.15) is 52.4 Å². The molecular formula is C12H24N2. The lowest BCUT2D eigenvalue weighted by Gasteiger charge is -2.40. The Balaban J connectivity index is 1.92. The molecule has 0 aromatic carbocycles. The molecule has 2 N–H and O–H groups in total. The number of likely N-dealkylation sites (tertiary alicyclic amines) is 1. The van der Waals surface area contributed by atoms with E-state index in [1.165, 1.54) is 45.1 Å². The monoisotopic (exact) mass is 196 g/mol. The predicted molar refractivity (Wildman–Crippen MR) is 60.3 cm³/mol. The average molecular weight is 196 g/mol. The minimum atomic E-state index is 0.231. The van der Waals surface area contributed by atoms with E-state index in [1.54, 1.807) is 0 Å². The first-order valence-corrected chi connectivity index (χ1v) is 6.15. The van der Waals surface area contributed by atoms with Gasteiger partial charge in [-0.25, -0.2) is 0 Å². The molecule has 2 aliphatic rings. The van der Waals surface area contributed by atoms with E-state index in [4.69, 9.17) is 5.73 Å². The third kappa shape index (κ3) is 2.29. The smallest absolute Gasteiger partial charge is 0.0170 e. The van der Waals surface area contributed by atoms with Crippen LogP contribution in [0.3, 0.4) is 0 Å². The van der Waals surface area contributed by atoms with E-state index >= 15 is 0 Å². The van der Waals surface area contributed by atoms with Gasteiger partial charge in [0.15, 0.2) is 0 Å². The van der Waals surface area contributed by atoms with Gasteiger partial charge in [-0.1, -0.05) is 6.42 Å². The summed E-state index contributed by atoms with van der Waals surface area (Å²) in [4.78, 5) is 2.66. The zero-order valence-electron chi connectivity index (χ0n) is 9.63. The van der Waals surface area contributed by atoms with Gasteiger partial charge < -0.3 is 5.73 Å². The fraction of sp³-hybridized carbons (Fsp3) is 1.00. The Morgan fingerprint density at radius 3 is 2.64 bits per heavy atom. The van der Waals surface area contributed by atoms with Crippen molar-refractivity contribution in [1.29, 1.82) is 0 Å². The number of rotatable bonds is 3. The molecule has 0 amide bonds. The summed E-state index contributed by atoms with van der Waals surface area (Å²) < 4.78 is 0. The minimum Gasteiger partial charge on any atom is -0.325 e. The van der Waals surface area contributed by atoms with Crippen LogP contribution >= 0.6 is 0 Å². The summed E-state index contributed by atoms with van der Waals surface area (Å²) in [6.07, 6.45) is 7.92. The van der Waals surface area contributed by atoms with Crippen LogP contribution in [0.5, 0.6) is 0 Å². The van der Waals surface area contributed by atoms with Crippen molar-refractivity contribution in [1.82, 2.24) is 4.90 Å². The van der Waals surface area contributed by atoms with E-state index in [-0.39, 0.29) is 5.54 Å². The molecule has 1 unspecified atom stereocenters. The third-order valence-corrected chi connectivity index (χ3v) is 3.87. The normalized spacial score (nSPS) is 32.1. The highest BCUT2D eigenvalue weighted by Gasteiger charge is 2.41. The van der Waals surface area contributed by atoms with Crippen molar-refractivity contribution in [2.45, 2.75) is 70.0 Å². The largest absolute Gasteiger partial charge is 0.325 e. The van der Waals surface area contributed by atoms with E-state index in [1.807, 2.05) is 0 Å². The third-order valence-electron chi connectivity index (χ3n) is 3.87. The molecule has 2 heteroatoms. The molecule has 2 fully saturated rings. The van der Waals surface area contributed by atoms with Crippen molar-refractivity contribution in [3.05, 3.63) is 0 Å². The van der Waals surface area contributed by atoms with Gasteiger partial charge in [-0.3, -0.25) is 4.90 Å². The average Bonchev–Trinajstić information content (AvgIpc) is 2.84. The molecule has 2 nitrogen and oxygen atoms in total. The quantitative estimate of drug-likeness (QED) is 0.749. The summed E-state index contributed by atoms with van der Waals surface area (Å²) >= 11 is 0. The van der Waals surface area contributed by atoms with Gasteiger partial charge in [-0.2, -0.15) is 0 Å². The first kappa shape index (κ1) is 10.4. The summed E-state index contributed by atoms with van der Waals surface area (Å²) in [5, 5.41) is 0. The zero-order valence-corrected chi connectivity index (χ0v) is 9.63. The van der Waals surface area contributed by atoms with Gasteiger partial charge in [0.25, 0.3) is 0 Å². The van der Waals surface area contributed by atoms with Gasteiger partial charge in [0.05, 0.1) is 0 Å². The Labute approximate surface area is 87.8 Å². The SMILES string of the molecule is CC(C)N1CCCCC1CC1(N)CC1. The summed E-state index contributed by atoms with van der Waals surface area (Å²) in [6.45, 7) is 5.92. The Bertz CT molecular complexity index is 196. The van der Waals surface area contributed by atoms with E-state index in [2.05, 4.69) is 18.7 Å². The molecule has 1 aliphatic heterocycles. The number of piperidine rings is 1. The molecule has 1 aliphatic carbocycles. The second-order valence-corrected chi connectivity index (χ2v) is 5.55. The molecule has 0 spiro atoms. The first-order valence-electron chi connectivity index (χ1n) is 6.15. The number of nitrogens with zero attached hydrogens (tertiary/aromatic N) is 1. The van der Waals surface area contributed by atoms with Gasteiger partial charge in [0, 0.05) is 17.6 Å². The van der Waals surface area contributed by atoms with E-state index < -0.39 is 0 Å². The molecule has 1 atom stereocenters. The topological polar surface area (TPSA) is 29.3 Å². The van der Waals surface area contributed by atoms with Gasteiger partial charge in [0.2, 0.25) is 0 Å². The maximum Gasteiger partial charge on any atom is 0.0170 e. The molecule has 0 radical (unpaired) electrons. The summed E-state index contributed by atoms with van der Waals surface area (Å²) in [5.41, 5.74) is 6.44. The summed E-state index contributed by atoms with van der Waals surface area (Å²) in [5.74, 6) is 0. The molecular weight excluding hydrogens is 172 g/mol. The van der Waals surface area contributed by atoms with Crippen molar-refractivity contribution in [2.24, 2.45) is 5.73 Å². The summed E-state index contributed by atoms with van der Waals surface area (Å²) in [7, 11) is 0. The van der Waals surface area contributed by atoms with Crippen molar-refractivity contribution < 1.29 is 0 Å². The van der Waals surface area contributed by atoms with Crippen molar-refractivity contribution in [3.63, 3.8) is 0 Å². The van der Waals surface area contributed by atoms with Crippen LogP contribution in [0.15, 0.2) is 0 Å². The van der Waals surface area contributed by atoms with E-state index in [0.29, 0.717) is 6.04 Å². The molecule has 1 heterocycles. The van der Waals surface area contributed by atoms with Crippen LogP contribution in [-0.4, -0.2) is 29.1 Å². The highest BCUT2D eigenvalue weighted by atomic mass is 15.2. The predicted octanol–water partition coefficient (Wildman–Crippen LogP) is 2.13.